The number of aromatic nitrogens is 2. The van der Waals surface area contributed by atoms with E-state index in [0.29, 0.717) is 37.7 Å². The van der Waals surface area contributed by atoms with E-state index in [1.54, 1.807) is 23.2 Å². The summed E-state index contributed by atoms with van der Waals surface area (Å²) in [6, 6.07) is 16.7. The summed E-state index contributed by atoms with van der Waals surface area (Å²) >= 11 is 0. The monoisotopic (exact) mass is 502 g/mol. The minimum absolute atomic E-state index is 0.0412. The van der Waals surface area contributed by atoms with Crippen LogP contribution in [0, 0.1) is 0 Å². The van der Waals surface area contributed by atoms with Crippen LogP contribution in [0.15, 0.2) is 60.8 Å². The number of benzene rings is 2. The van der Waals surface area contributed by atoms with Crippen LogP contribution in [0.1, 0.15) is 46.5 Å². The fourth-order valence-electron chi connectivity index (χ4n) is 5.06. The predicted molar refractivity (Wildman–Crippen MR) is 137 cm³/mol. The van der Waals surface area contributed by atoms with Gasteiger partial charge in [-0.15, -0.1) is 0 Å². The molecule has 1 aliphatic heterocycles. The lowest BCUT2D eigenvalue weighted by Gasteiger charge is -2.26. The number of aliphatic carboxylic acids is 1. The highest BCUT2D eigenvalue weighted by Gasteiger charge is 2.31. The van der Waals surface area contributed by atoms with Crippen molar-refractivity contribution in [1.29, 1.82) is 0 Å². The Balaban J connectivity index is 1.48. The van der Waals surface area contributed by atoms with Crippen molar-refractivity contribution < 1.29 is 24.2 Å². The largest absolute Gasteiger partial charge is 0.480 e. The molecular formula is C28H30N4O5. The quantitative estimate of drug-likeness (QED) is 0.530. The van der Waals surface area contributed by atoms with Crippen molar-refractivity contribution in [3.05, 3.63) is 72.1 Å². The van der Waals surface area contributed by atoms with E-state index in [0.717, 1.165) is 36.9 Å². The average Bonchev–Trinajstić information content (AvgIpc) is 3.63. The van der Waals surface area contributed by atoms with Crippen molar-refractivity contribution in [2.45, 2.75) is 31.7 Å². The van der Waals surface area contributed by atoms with E-state index in [-0.39, 0.29) is 30.1 Å². The molecule has 3 aromatic rings. The van der Waals surface area contributed by atoms with Crippen LogP contribution in [-0.4, -0.2) is 81.1 Å². The molecule has 2 aliphatic rings. The number of carboxylic acids is 1. The number of hydrogen-bond acceptors (Lipinski definition) is 5. The predicted octanol–water partition coefficient (Wildman–Crippen LogP) is 3.48. The molecule has 1 aromatic heterocycles. The Morgan fingerprint density at radius 2 is 1.65 bits per heavy atom. The van der Waals surface area contributed by atoms with Crippen molar-refractivity contribution in [2.75, 3.05) is 32.8 Å². The fraction of sp³-hybridized carbons (Fsp3) is 0.357. The number of hydrogen-bond donors (Lipinski definition) is 1. The molecule has 0 atom stereocenters. The first kappa shape index (κ1) is 24.7. The highest BCUT2D eigenvalue weighted by atomic mass is 16.5. The first-order valence-electron chi connectivity index (χ1n) is 12.7. The van der Waals surface area contributed by atoms with Gasteiger partial charge in [-0.25, -0.2) is 4.98 Å². The molecule has 0 radical (unpaired) electrons. The molecule has 2 amide bonds. The smallest absolute Gasteiger partial charge is 0.323 e. The Morgan fingerprint density at radius 1 is 0.973 bits per heavy atom. The molecule has 0 spiro atoms. The number of carbonyl (C=O) groups excluding carboxylic acids is 2. The molecule has 9 nitrogen and oxygen atoms in total. The SMILES string of the molecule is O=C(O)CN(C(=O)c1cn(-c2ccc(C(=O)N3CCOCC3)cc2)c(-c2ccccc2)n1)C1CCCC1. The zero-order chi connectivity index (χ0) is 25.8. The van der Waals surface area contributed by atoms with Crippen LogP contribution in [0.3, 0.4) is 0 Å². The molecule has 37 heavy (non-hydrogen) atoms. The van der Waals surface area contributed by atoms with E-state index < -0.39 is 5.97 Å². The van der Waals surface area contributed by atoms with E-state index in [9.17, 15) is 19.5 Å². The zero-order valence-corrected chi connectivity index (χ0v) is 20.6. The van der Waals surface area contributed by atoms with Gasteiger partial charge in [0.25, 0.3) is 11.8 Å². The van der Waals surface area contributed by atoms with Crippen LogP contribution >= 0.6 is 0 Å². The molecular weight excluding hydrogens is 472 g/mol. The minimum atomic E-state index is -1.04. The summed E-state index contributed by atoms with van der Waals surface area (Å²) in [5.74, 6) is -0.897. The Bertz CT molecular complexity index is 1260. The van der Waals surface area contributed by atoms with Gasteiger partial charge in [0, 0.05) is 42.1 Å². The molecule has 9 heteroatoms. The molecule has 2 fully saturated rings. The van der Waals surface area contributed by atoms with Gasteiger partial charge in [0.1, 0.15) is 18.1 Å². The molecule has 5 rings (SSSR count). The maximum atomic E-state index is 13.5. The van der Waals surface area contributed by atoms with Crippen LogP contribution in [0.25, 0.3) is 17.1 Å². The second-order valence-electron chi connectivity index (χ2n) is 9.40. The summed E-state index contributed by atoms with van der Waals surface area (Å²) in [5.41, 5.74) is 2.34. The summed E-state index contributed by atoms with van der Waals surface area (Å²) in [7, 11) is 0. The van der Waals surface area contributed by atoms with Gasteiger partial charge in [-0.1, -0.05) is 43.2 Å². The van der Waals surface area contributed by atoms with Crippen molar-refractivity contribution in [2.24, 2.45) is 0 Å². The Kier molecular flexibility index (Phi) is 7.32. The molecule has 2 heterocycles. The number of nitrogens with zero attached hydrogens (tertiary/aromatic N) is 4. The lowest BCUT2D eigenvalue weighted by atomic mass is 10.1. The molecule has 0 bridgehead atoms. The maximum absolute atomic E-state index is 13.5. The third-order valence-electron chi connectivity index (χ3n) is 6.98. The van der Waals surface area contributed by atoms with Crippen molar-refractivity contribution in [3.63, 3.8) is 0 Å². The van der Waals surface area contributed by atoms with E-state index in [1.165, 1.54) is 4.90 Å². The number of rotatable bonds is 7. The normalized spacial score (nSPS) is 16.1. The first-order chi connectivity index (χ1) is 18.0. The number of carbonyl (C=O) groups is 3. The van der Waals surface area contributed by atoms with Gasteiger partial charge in [-0.05, 0) is 37.1 Å². The highest BCUT2D eigenvalue weighted by Crippen LogP contribution is 2.27. The standard InChI is InChI=1S/C28H30N4O5/c33-25(34)19-32(22-8-4-5-9-22)28(36)24-18-31(26(29-24)20-6-2-1-3-7-20)23-12-10-21(11-13-23)27(35)30-14-16-37-17-15-30/h1-3,6-7,10-13,18,22H,4-5,8-9,14-17,19H2,(H,33,34). The molecule has 1 aliphatic carbocycles. The van der Waals surface area contributed by atoms with Crippen molar-refractivity contribution >= 4 is 17.8 Å². The van der Waals surface area contributed by atoms with E-state index in [2.05, 4.69) is 4.98 Å². The van der Waals surface area contributed by atoms with E-state index in [1.807, 2.05) is 47.0 Å². The summed E-state index contributed by atoms with van der Waals surface area (Å²) in [6.07, 6.45) is 5.21. The van der Waals surface area contributed by atoms with Crippen LogP contribution in [0.5, 0.6) is 0 Å². The third-order valence-corrected chi connectivity index (χ3v) is 6.98. The molecule has 1 saturated heterocycles. The molecule has 1 saturated carbocycles. The number of amides is 2. The third kappa shape index (κ3) is 5.41. The van der Waals surface area contributed by atoms with Gasteiger partial charge >= 0.3 is 5.97 Å². The van der Waals surface area contributed by atoms with E-state index in [4.69, 9.17) is 4.74 Å². The molecule has 2 aromatic carbocycles. The van der Waals surface area contributed by atoms with E-state index >= 15 is 0 Å². The number of imidazole rings is 1. The summed E-state index contributed by atoms with van der Waals surface area (Å²) in [6.45, 7) is 1.86. The Hall–Kier alpha value is -3.98. The minimum Gasteiger partial charge on any atom is -0.480 e. The zero-order valence-electron chi connectivity index (χ0n) is 20.6. The fourth-order valence-corrected chi connectivity index (χ4v) is 5.06. The van der Waals surface area contributed by atoms with Crippen LogP contribution in [0.2, 0.25) is 0 Å². The summed E-state index contributed by atoms with van der Waals surface area (Å²) < 4.78 is 7.16. The number of morpholine rings is 1. The van der Waals surface area contributed by atoms with Crippen LogP contribution < -0.4 is 0 Å². The summed E-state index contributed by atoms with van der Waals surface area (Å²) in [4.78, 5) is 45.9. The van der Waals surface area contributed by atoms with Crippen LogP contribution in [0.4, 0.5) is 0 Å². The van der Waals surface area contributed by atoms with Gasteiger partial charge in [-0.3, -0.25) is 19.0 Å². The lowest BCUT2D eigenvalue weighted by molar-refractivity contribution is -0.138. The van der Waals surface area contributed by atoms with Crippen LogP contribution in [-0.2, 0) is 9.53 Å². The van der Waals surface area contributed by atoms with Crippen molar-refractivity contribution in [1.82, 2.24) is 19.4 Å². The van der Waals surface area contributed by atoms with Crippen molar-refractivity contribution in [3.8, 4) is 17.1 Å². The second kappa shape index (κ2) is 11.0. The lowest BCUT2D eigenvalue weighted by Crippen LogP contribution is -2.42. The van der Waals surface area contributed by atoms with Gasteiger partial charge in [0.15, 0.2) is 0 Å². The maximum Gasteiger partial charge on any atom is 0.323 e. The highest BCUT2D eigenvalue weighted by molar-refractivity contribution is 5.96. The number of ether oxygens (including phenoxy) is 1. The topological polar surface area (TPSA) is 105 Å². The first-order valence-corrected chi connectivity index (χ1v) is 12.7. The second-order valence-corrected chi connectivity index (χ2v) is 9.40. The molecule has 192 valence electrons. The van der Waals surface area contributed by atoms with Gasteiger partial charge in [0.05, 0.1) is 13.2 Å². The Morgan fingerprint density at radius 3 is 2.30 bits per heavy atom. The summed E-state index contributed by atoms with van der Waals surface area (Å²) in [5, 5.41) is 9.46. The molecule has 1 N–H and O–H groups in total. The average molecular weight is 503 g/mol. The Labute approximate surface area is 215 Å². The number of carboxylic acid groups (broad SMARTS) is 1. The van der Waals surface area contributed by atoms with Gasteiger partial charge in [-0.2, -0.15) is 0 Å². The molecule has 0 unspecified atom stereocenters. The van der Waals surface area contributed by atoms with Gasteiger partial charge in [0.2, 0.25) is 0 Å². The van der Waals surface area contributed by atoms with Gasteiger partial charge < -0.3 is 19.6 Å².